The third-order valence-corrected chi connectivity index (χ3v) is 3.75. The van der Waals surface area contributed by atoms with Crippen molar-refractivity contribution >= 4 is 16.9 Å². The van der Waals surface area contributed by atoms with E-state index in [1.54, 1.807) is 36.7 Å². The Hall–Kier alpha value is -3.09. The Kier molecular flexibility index (Phi) is 5.46. The Balaban J connectivity index is 1.46. The minimum atomic E-state index is -0.354. The molecule has 0 radical (unpaired) electrons. The van der Waals surface area contributed by atoms with E-state index in [0.717, 1.165) is 18.4 Å². The lowest BCUT2D eigenvalue weighted by molar-refractivity contribution is -0.144. The van der Waals surface area contributed by atoms with Crippen LogP contribution >= 0.6 is 0 Å². The predicted molar refractivity (Wildman–Crippen MR) is 91.9 cm³/mol. The zero-order chi connectivity index (χ0) is 17.5. The number of pyridine rings is 1. The van der Waals surface area contributed by atoms with Crippen LogP contribution in [0.25, 0.3) is 10.9 Å². The molecule has 0 saturated carbocycles. The zero-order valence-corrected chi connectivity index (χ0v) is 13.7. The van der Waals surface area contributed by atoms with Gasteiger partial charge in [0.25, 0.3) is 5.56 Å². The van der Waals surface area contributed by atoms with Gasteiger partial charge in [-0.3, -0.25) is 14.6 Å². The highest BCUT2D eigenvalue weighted by molar-refractivity contribution is 5.76. The molecule has 0 aliphatic carbocycles. The van der Waals surface area contributed by atoms with E-state index in [2.05, 4.69) is 15.3 Å². The van der Waals surface area contributed by atoms with Gasteiger partial charge < -0.3 is 4.74 Å². The highest BCUT2D eigenvalue weighted by Gasteiger charge is 2.08. The molecule has 0 bridgehead atoms. The number of benzene rings is 1. The summed E-state index contributed by atoms with van der Waals surface area (Å²) in [6, 6.07) is 10.9. The largest absolute Gasteiger partial charge is 0.466 e. The van der Waals surface area contributed by atoms with Crippen molar-refractivity contribution in [3.05, 3.63) is 64.7 Å². The second kappa shape index (κ2) is 8.14. The van der Waals surface area contributed by atoms with Gasteiger partial charge in [-0.1, -0.05) is 23.4 Å². The van der Waals surface area contributed by atoms with Crippen molar-refractivity contribution in [3.63, 3.8) is 0 Å². The molecular formula is C18H18N4O3. The number of aromatic nitrogens is 4. The number of carbonyl (C=O) groups is 1. The molecule has 0 unspecified atom stereocenters. The monoisotopic (exact) mass is 338 g/mol. The summed E-state index contributed by atoms with van der Waals surface area (Å²) < 4.78 is 6.38. The summed E-state index contributed by atoms with van der Waals surface area (Å²) in [6.45, 7) is 0.490. The maximum Gasteiger partial charge on any atom is 0.307 e. The number of fused-ring (bicyclic) bond motifs is 1. The fourth-order valence-electron chi connectivity index (χ4n) is 2.45. The van der Waals surface area contributed by atoms with E-state index >= 15 is 0 Å². The van der Waals surface area contributed by atoms with Crippen LogP contribution in [-0.4, -0.2) is 32.6 Å². The molecular weight excluding hydrogens is 320 g/mol. The van der Waals surface area contributed by atoms with Crippen molar-refractivity contribution in [1.29, 1.82) is 0 Å². The van der Waals surface area contributed by atoms with Crippen LogP contribution in [0.3, 0.4) is 0 Å². The molecule has 0 aliphatic heterocycles. The first-order valence-corrected chi connectivity index (χ1v) is 8.11. The number of aryl methyl sites for hydroxylation is 2. The highest BCUT2D eigenvalue weighted by atomic mass is 16.5. The van der Waals surface area contributed by atoms with Crippen molar-refractivity contribution in [2.75, 3.05) is 6.61 Å². The molecule has 1 aromatic carbocycles. The maximum atomic E-state index is 12.3. The van der Waals surface area contributed by atoms with Gasteiger partial charge in [0.2, 0.25) is 0 Å². The van der Waals surface area contributed by atoms with Gasteiger partial charge in [-0.25, -0.2) is 4.68 Å². The van der Waals surface area contributed by atoms with Crippen molar-refractivity contribution in [2.45, 2.75) is 25.8 Å². The Morgan fingerprint density at radius 3 is 2.88 bits per heavy atom. The van der Waals surface area contributed by atoms with Crippen molar-refractivity contribution < 1.29 is 9.53 Å². The van der Waals surface area contributed by atoms with Crippen LogP contribution in [0.4, 0.5) is 0 Å². The molecule has 7 heteroatoms. The second-order valence-corrected chi connectivity index (χ2v) is 5.57. The van der Waals surface area contributed by atoms with Gasteiger partial charge in [0.05, 0.1) is 25.0 Å². The van der Waals surface area contributed by atoms with Crippen LogP contribution < -0.4 is 5.56 Å². The maximum absolute atomic E-state index is 12.3. The fourth-order valence-corrected chi connectivity index (χ4v) is 2.45. The number of ether oxygens (including phenoxy) is 1. The van der Waals surface area contributed by atoms with E-state index in [1.165, 1.54) is 4.68 Å². The molecule has 128 valence electrons. The van der Waals surface area contributed by atoms with Crippen LogP contribution in [0.2, 0.25) is 0 Å². The first kappa shape index (κ1) is 16.8. The number of hydrogen-bond acceptors (Lipinski definition) is 6. The molecule has 0 saturated heterocycles. The van der Waals surface area contributed by atoms with E-state index in [1.807, 2.05) is 12.1 Å². The normalized spacial score (nSPS) is 10.7. The number of carbonyl (C=O) groups excluding carboxylic acids is 1. The summed E-state index contributed by atoms with van der Waals surface area (Å²) in [5.41, 5.74) is 1.40. The lowest BCUT2D eigenvalue weighted by Gasteiger charge is -2.06. The van der Waals surface area contributed by atoms with Crippen LogP contribution in [0.1, 0.15) is 18.4 Å². The van der Waals surface area contributed by atoms with Gasteiger partial charge in [0, 0.05) is 12.4 Å². The standard InChI is InChI=1S/C18H18N4O3/c23-17(25-12-4-6-14-5-3-10-19-13-14)9-11-22-18(24)15-7-1-2-8-16(15)20-21-22/h1-3,5,7-8,10,13H,4,6,9,11-12H2. The first-order chi connectivity index (χ1) is 12.2. The molecule has 0 amide bonds. The van der Waals surface area contributed by atoms with Gasteiger partial charge >= 0.3 is 5.97 Å². The van der Waals surface area contributed by atoms with Crippen molar-refractivity contribution in [2.24, 2.45) is 0 Å². The third-order valence-electron chi connectivity index (χ3n) is 3.75. The number of hydrogen-bond donors (Lipinski definition) is 0. The lowest BCUT2D eigenvalue weighted by atomic mass is 10.2. The molecule has 2 aromatic heterocycles. The van der Waals surface area contributed by atoms with Gasteiger partial charge in [0.15, 0.2) is 0 Å². The predicted octanol–water partition coefficient (Wildman–Crippen LogP) is 1.75. The topological polar surface area (TPSA) is 87.0 Å². The van der Waals surface area contributed by atoms with Gasteiger partial charge in [-0.2, -0.15) is 0 Å². The van der Waals surface area contributed by atoms with Crippen LogP contribution in [0.5, 0.6) is 0 Å². The number of rotatable bonds is 7. The number of esters is 1. The summed E-state index contributed by atoms with van der Waals surface area (Å²) in [5, 5.41) is 8.33. The first-order valence-electron chi connectivity index (χ1n) is 8.11. The van der Waals surface area contributed by atoms with E-state index in [9.17, 15) is 9.59 Å². The molecule has 7 nitrogen and oxygen atoms in total. The molecule has 25 heavy (non-hydrogen) atoms. The molecule has 0 atom stereocenters. The Labute approximate surface area is 144 Å². The van der Waals surface area contributed by atoms with Gasteiger partial charge in [-0.05, 0) is 36.6 Å². The fraction of sp³-hybridized carbons (Fsp3) is 0.278. The Bertz CT molecular complexity index is 909. The molecule has 0 N–H and O–H groups in total. The third kappa shape index (κ3) is 4.47. The average molecular weight is 338 g/mol. The quantitative estimate of drug-likeness (QED) is 0.482. The second-order valence-electron chi connectivity index (χ2n) is 5.57. The van der Waals surface area contributed by atoms with Gasteiger partial charge in [-0.15, -0.1) is 5.10 Å². The van der Waals surface area contributed by atoms with E-state index < -0.39 is 0 Å². The average Bonchev–Trinajstić information content (AvgIpc) is 2.66. The summed E-state index contributed by atoms with van der Waals surface area (Å²) in [6.07, 6.45) is 5.14. The molecule has 0 aliphatic rings. The molecule has 3 aromatic rings. The van der Waals surface area contributed by atoms with E-state index in [0.29, 0.717) is 17.5 Å². The summed E-state index contributed by atoms with van der Waals surface area (Å²) in [4.78, 5) is 28.1. The summed E-state index contributed by atoms with van der Waals surface area (Å²) >= 11 is 0. The SMILES string of the molecule is O=C(CCn1nnc2ccccc2c1=O)OCCCc1cccnc1. The van der Waals surface area contributed by atoms with E-state index in [4.69, 9.17) is 4.74 Å². The lowest BCUT2D eigenvalue weighted by Crippen LogP contribution is -2.25. The molecule has 2 heterocycles. The summed E-state index contributed by atoms with van der Waals surface area (Å²) in [7, 11) is 0. The van der Waals surface area contributed by atoms with Crippen molar-refractivity contribution in [1.82, 2.24) is 20.0 Å². The minimum absolute atomic E-state index is 0.0832. The van der Waals surface area contributed by atoms with E-state index in [-0.39, 0.29) is 24.5 Å². The van der Waals surface area contributed by atoms with Crippen LogP contribution in [0.15, 0.2) is 53.6 Å². The molecule has 3 rings (SSSR count). The smallest absolute Gasteiger partial charge is 0.307 e. The van der Waals surface area contributed by atoms with Crippen LogP contribution in [-0.2, 0) is 22.5 Å². The van der Waals surface area contributed by atoms with Crippen LogP contribution in [0, 0.1) is 0 Å². The molecule has 0 spiro atoms. The minimum Gasteiger partial charge on any atom is -0.466 e. The highest BCUT2D eigenvalue weighted by Crippen LogP contribution is 2.04. The summed E-state index contributed by atoms with van der Waals surface area (Å²) in [5.74, 6) is -0.354. The number of nitrogens with zero attached hydrogens (tertiary/aromatic N) is 4. The van der Waals surface area contributed by atoms with Gasteiger partial charge in [0.1, 0.15) is 5.52 Å². The zero-order valence-electron chi connectivity index (χ0n) is 13.7. The Morgan fingerprint density at radius 2 is 2.04 bits per heavy atom. The van der Waals surface area contributed by atoms with Crippen molar-refractivity contribution in [3.8, 4) is 0 Å². The molecule has 0 fully saturated rings. The Morgan fingerprint density at radius 1 is 1.16 bits per heavy atom.